The van der Waals surface area contributed by atoms with Crippen LogP contribution in [0.5, 0.6) is 5.75 Å². The Bertz CT molecular complexity index is 1330. The van der Waals surface area contributed by atoms with Crippen LogP contribution in [0.15, 0.2) is 51.7 Å². The lowest BCUT2D eigenvalue weighted by Gasteiger charge is -2.10. The van der Waals surface area contributed by atoms with Crippen molar-refractivity contribution in [1.82, 2.24) is 9.97 Å². The molecule has 5 rings (SSSR count). The highest BCUT2D eigenvalue weighted by atomic mass is 79.9. The van der Waals surface area contributed by atoms with Crippen LogP contribution in [0.4, 0.5) is 4.39 Å². The van der Waals surface area contributed by atoms with Crippen LogP contribution < -0.4 is 10.3 Å². The Hall–Kier alpha value is -2.51. The Labute approximate surface area is 197 Å². The first-order valence-corrected chi connectivity index (χ1v) is 12.4. The number of benzene rings is 2. The quantitative estimate of drug-likeness (QED) is 0.327. The second-order valence-electron chi connectivity index (χ2n) is 8.07. The molecule has 0 spiro atoms. The fraction of sp³-hybridized carbons (Fsp3) is 0.280. The van der Waals surface area contributed by atoms with E-state index in [1.165, 1.54) is 41.8 Å². The molecule has 2 aromatic carbocycles. The van der Waals surface area contributed by atoms with E-state index in [1.54, 1.807) is 23.5 Å². The number of aromatic amines is 1. The highest BCUT2D eigenvalue weighted by molar-refractivity contribution is 9.10. The van der Waals surface area contributed by atoms with Gasteiger partial charge in [0.05, 0.1) is 9.86 Å². The number of nitrogens with one attached hydrogen (secondary N) is 1. The predicted molar refractivity (Wildman–Crippen MR) is 130 cm³/mol. The summed E-state index contributed by atoms with van der Waals surface area (Å²) < 4.78 is 19.7. The Morgan fingerprint density at radius 2 is 1.84 bits per heavy atom. The van der Waals surface area contributed by atoms with Crippen LogP contribution in [0.2, 0.25) is 0 Å². The standard InChI is InChI=1S/C25H22BrFN2O2S/c26-19-13-16(9-12-20(19)31-14-15-7-10-17(27)11-8-15)23-28-24(30)22-18-5-3-1-2-4-6-21(18)32-25(22)29-23/h7-13H,1-6,14H2,(H,28,29,30). The van der Waals surface area contributed by atoms with Crippen LogP contribution in [0.3, 0.4) is 0 Å². The molecule has 4 nitrogen and oxygen atoms in total. The maximum absolute atomic E-state index is 13.1. The van der Waals surface area contributed by atoms with Crippen LogP contribution in [-0.2, 0) is 19.4 Å². The van der Waals surface area contributed by atoms with E-state index in [1.807, 2.05) is 18.2 Å². The van der Waals surface area contributed by atoms with Crippen LogP contribution in [-0.4, -0.2) is 9.97 Å². The van der Waals surface area contributed by atoms with Crippen molar-refractivity contribution in [1.29, 1.82) is 0 Å². The van der Waals surface area contributed by atoms with Crippen molar-refractivity contribution in [2.75, 3.05) is 0 Å². The van der Waals surface area contributed by atoms with Gasteiger partial charge in [0.2, 0.25) is 0 Å². The third kappa shape index (κ3) is 4.36. The molecule has 0 bridgehead atoms. The van der Waals surface area contributed by atoms with Gasteiger partial charge in [-0.2, -0.15) is 0 Å². The lowest BCUT2D eigenvalue weighted by atomic mass is 9.98. The third-order valence-corrected chi connectivity index (χ3v) is 7.64. The first-order valence-electron chi connectivity index (χ1n) is 10.8. The molecular formula is C25H22BrFN2O2S. The number of thiophene rings is 1. The van der Waals surface area contributed by atoms with E-state index < -0.39 is 0 Å². The Morgan fingerprint density at radius 1 is 1.06 bits per heavy atom. The summed E-state index contributed by atoms with van der Waals surface area (Å²) in [6.07, 6.45) is 6.79. The van der Waals surface area contributed by atoms with Gasteiger partial charge in [-0.05, 0) is 83.1 Å². The lowest BCUT2D eigenvalue weighted by Crippen LogP contribution is -2.10. The van der Waals surface area contributed by atoms with Crippen LogP contribution in [0.25, 0.3) is 21.6 Å². The number of hydrogen-bond acceptors (Lipinski definition) is 4. The second-order valence-corrected chi connectivity index (χ2v) is 10.0. The van der Waals surface area contributed by atoms with Crippen LogP contribution in [0.1, 0.15) is 41.7 Å². The monoisotopic (exact) mass is 512 g/mol. The molecule has 0 fully saturated rings. The van der Waals surface area contributed by atoms with Crippen molar-refractivity contribution in [3.05, 3.63) is 79.1 Å². The molecule has 164 valence electrons. The van der Waals surface area contributed by atoms with Gasteiger partial charge >= 0.3 is 0 Å². The van der Waals surface area contributed by atoms with Crippen molar-refractivity contribution in [2.24, 2.45) is 0 Å². The molecular weight excluding hydrogens is 491 g/mol. The number of ether oxygens (including phenoxy) is 1. The lowest BCUT2D eigenvalue weighted by molar-refractivity contribution is 0.304. The van der Waals surface area contributed by atoms with Gasteiger partial charge in [0.25, 0.3) is 5.56 Å². The van der Waals surface area contributed by atoms with Gasteiger partial charge in [-0.15, -0.1) is 11.3 Å². The van der Waals surface area contributed by atoms with Gasteiger partial charge in [0, 0.05) is 10.4 Å². The minimum absolute atomic E-state index is 0.0594. The van der Waals surface area contributed by atoms with E-state index in [0.717, 1.165) is 45.1 Å². The zero-order chi connectivity index (χ0) is 22.1. The van der Waals surface area contributed by atoms with E-state index in [2.05, 4.69) is 20.9 Å². The molecule has 7 heteroatoms. The first-order chi connectivity index (χ1) is 15.6. The maximum Gasteiger partial charge on any atom is 0.260 e. The number of nitrogens with zero attached hydrogens (tertiary/aromatic N) is 1. The van der Waals surface area contributed by atoms with Crippen LogP contribution >= 0.6 is 27.3 Å². The highest BCUT2D eigenvalue weighted by Gasteiger charge is 2.19. The summed E-state index contributed by atoms with van der Waals surface area (Å²) in [7, 11) is 0. The Kier molecular flexibility index (Phi) is 6.11. The number of halogens is 2. The molecule has 0 radical (unpaired) electrons. The smallest absolute Gasteiger partial charge is 0.260 e. The molecule has 4 aromatic rings. The normalized spacial score (nSPS) is 14.1. The minimum Gasteiger partial charge on any atom is -0.488 e. The number of aryl methyl sites for hydroxylation is 2. The largest absolute Gasteiger partial charge is 0.488 e. The van der Waals surface area contributed by atoms with Crippen molar-refractivity contribution in [2.45, 2.75) is 45.1 Å². The van der Waals surface area contributed by atoms with Crippen molar-refractivity contribution >= 4 is 37.5 Å². The number of fused-ring (bicyclic) bond motifs is 3. The summed E-state index contributed by atoms with van der Waals surface area (Å²) in [5.74, 6) is 0.957. The number of rotatable bonds is 4. The Morgan fingerprint density at radius 3 is 2.62 bits per heavy atom. The molecule has 0 unspecified atom stereocenters. The molecule has 1 aliphatic rings. The van der Waals surface area contributed by atoms with E-state index in [4.69, 9.17) is 9.72 Å². The molecule has 32 heavy (non-hydrogen) atoms. The van der Waals surface area contributed by atoms with Gasteiger partial charge in [-0.1, -0.05) is 25.0 Å². The fourth-order valence-electron chi connectivity index (χ4n) is 4.16. The van der Waals surface area contributed by atoms with Gasteiger partial charge in [-0.25, -0.2) is 9.37 Å². The molecule has 1 aliphatic carbocycles. The van der Waals surface area contributed by atoms with Gasteiger partial charge in [0.1, 0.15) is 28.8 Å². The molecule has 0 saturated carbocycles. The summed E-state index contributed by atoms with van der Waals surface area (Å²) in [4.78, 5) is 22.9. The minimum atomic E-state index is -0.268. The summed E-state index contributed by atoms with van der Waals surface area (Å²) >= 11 is 5.22. The summed E-state index contributed by atoms with van der Waals surface area (Å²) in [6.45, 7) is 0.333. The number of hydrogen-bond donors (Lipinski definition) is 1. The van der Waals surface area contributed by atoms with Gasteiger partial charge in [-0.3, -0.25) is 4.79 Å². The SMILES string of the molecule is O=c1[nH]c(-c2ccc(OCc3ccc(F)cc3)c(Br)c2)nc2sc3c(c12)CCCCCC3. The van der Waals surface area contributed by atoms with Crippen LogP contribution in [0, 0.1) is 5.82 Å². The average molecular weight is 513 g/mol. The first kappa shape index (κ1) is 21.3. The van der Waals surface area contributed by atoms with Gasteiger partial charge < -0.3 is 9.72 Å². The van der Waals surface area contributed by atoms with E-state index >= 15 is 0 Å². The summed E-state index contributed by atoms with van der Waals surface area (Å²) in [5.41, 5.74) is 2.84. The molecule has 2 aromatic heterocycles. The number of H-pyrrole nitrogens is 1. The zero-order valence-electron chi connectivity index (χ0n) is 17.4. The average Bonchev–Trinajstić information content (AvgIpc) is 3.11. The molecule has 1 N–H and O–H groups in total. The molecule has 2 heterocycles. The third-order valence-electron chi connectivity index (χ3n) is 5.84. The van der Waals surface area contributed by atoms with E-state index in [0.29, 0.717) is 18.2 Å². The zero-order valence-corrected chi connectivity index (χ0v) is 19.8. The predicted octanol–water partition coefficient (Wildman–Crippen LogP) is 6.79. The van der Waals surface area contributed by atoms with E-state index in [9.17, 15) is 9.18 Å². The van der Waals surface area contributed by atoms with E-state index in [-0.39, 0.29) is 11.4 Å². The maximum atomic E-state index is 13.1. The Balaban J connectivity index is 1.42. The summed E-state index contributed by atoms with van der Waals surface area (Å²) in [5, 5.41) is 0.772. The van der Waals surface area contributed by atoms with Crippen molar-refractivity contribution in [3.8, 4) is 17.1 Å². The molecule has 0 aliphatic heterocycles. The molecule has 0 atom stereocenters. The number of aromatic nitrogens is 2. The topological polar surface area (TPSA) is 55.0 Å². The van der Waals surface area contributed by atoms with Crippen molar-refractivity contribution in [3.63, 3.8) is 0 Å². The van der Waals surface area contributed by atoms with Crippen molar-refractivity contribution < 1.29 is 9.13 Å². The second kappa shape index (κ2) is 9.16. The summed E-state index contributed by atoms with van der Waals surface area (Å²) in [6, 6.07) is 11.9. The fourth-order valence-corrected chi connectivity index (χ4v) is 5.92. The van der Waals surface area contributed by atoms with Gasteiger partial charge in [0.15, 0.2) is 0 Å². The molecule has 0 saturated heterocycles. The highest BCUT2D eigenvalue weighted by Crippen LogP contribution is 2.34. The molecule has 0 amide bonds.